The van der Waals surface area contributed by atoms with Crippen LogP contribution in [0.1, 0.15) is 10.4 Å². The number of benzene rings is 2. The highest BCUT2D eigenvalue weighted by Gasteiger charge is 2.08. The Labute approximate surface area is 107 Å². The van der Waals surface area contributed by atoms with Crippen LogP contribution in [0.2, 0.25) is 0 Å². The molecule has 0 radical (unpaired) electrons. The predicted molar refractivity (Wildman–Crippen MR) is 69.2 cm³/mol. The van der Waals surface area contributed by atoms with Crippen molar-refractivity contribution in [1.29, 1.82) is 0 Å². The number of nitrogens with two attached hydrogens (primary N) is 1. The summed E-state index contributed by atoms with van der Waals surface area (Å²) in [6, 6.07) is 14.2. The normalized spacial score (nSPS) is 9.94. The Morgan fingerprint density at radius 2 is 1.71 bits per heavy atom. The molecule has 0 aliphatic heterocycles. The molecule has 0 spiro atoms. The summed E-state index contributed by atoms with van der Waals surface area (Å²) in [7, 11) is 0. The van der Waals surface area contributed by atoms with Crippen LogP contribution in [0.4, 0.5) is 0 Å². The molecule has 0 heterocycles. The van der Waals surface area contributed by atoms with Crippen LogP contribution in [0, 0.1) is 0 Å². The molecule has 0 saturated carbocycles. The monoisotopic (exact) mass is 291 g/mol. The second kappa shape index (κ2) is 5.01. The molecule has 0 aliphatic carbocycles. The maximum Gasteiger partial charge on any atom is 0.252 e. The van der Waals surface area contributed by atoms with Crippen molar-refractivity contribution in [1.82, 2.24) is 0 Å². The van der Waals surface area contributed by atoms with E-state index < -0.39 is 5.91 Å². The lowest BCUT2D eigenvalue weighted by Gasteiger charge is -2.08. The largest absolute Gasteiger partial charge is 0.457 e. The smallest absolute Gasteiger partial charge is 0.252 e. The van der Waals surface area contributed by atoms with E-state index in [1.165, 1.54) is 0 Å². The fraction of sp³-hybridized carbons (Fsp3) is 0. The number of amides is 1. The van der Waals surface area contributed by atoms with Crippen LogP contribution in [0.15, 0.2) is 53.0 Å². The third-order valence-corrected chi connectivity index (χ3v) is 2.72. The minimum absolute atomic E-state index is 0.371. The zero-order valence-corrected chi connectivity index (χ0v) is 10.5. The lowest BCUT2D eigenvalue weighted by atomic mass is 10.2. The van der Waals surface area contributed by atoms with Crippen molar-refractivity contribution in [3.05, 3.63) is 58.6 Å². The van der Waals surface area contributed by atoms with Gasteiger partial charge in [0.1, 0.15) is 11.5 Å². The van der Waals surface area contributed by atoms with E-state index >= 15 is 0 Å². The summed E-state index contributed by atoms with van der Waals surface area (Å²) >= 11 is 3.34. The van der Waals surface area contributed by atoms with Crippen LogP contribution >= 0.6 is 15.9 Å². The van der Waals surface area contributed by atoms with Gasteiger partial charge >= 0.3 is 0 Å². The number of carbonyl (C=O) groups excluding carboxylic acids is 1. The Morgan fingerprint density at radius 1 is 1.06 bits per heavy atom. The average molecular weight is 292 g/mol. The third-order valence-electron chi connectivity index (χ3n) is 2.19. The minimum atomic E-state index is -0.502. The van der Waals surface area contributed by atoms with Gasteiger partial charge in [0.2, 0.25) is 0 Å². The van der Waals surface area contributed by atoms with Crippen molar-refractivity contribution < 1.29 is 9.53 Å². The summed E-state index contributed by atoms with van der Waals surface area (Å²) in [5, 5.41) is 0. The van der Waals surface area contributed by atoms with Crippen LogP contribution in [0.25, 0.3) is 0 Å². The van der Waals surface area contributed by atoms with Gasteiger partial charge in [0.15, 0.2) is 0 Å². The number of carbonyl (C=O) groups is 1. The highest BCUT2D eigenvalue weighted by Crippen LogP contribution is 2.25. The summed E-state index contributed by atoms with van der Waals surface area (Å²) in [6.07, 6.45) is 0. The van der Waals surface area contributed by atoms with Gasteiger partial charge in [-0.25, -0.2) is 0 Å². The van der Waals surface area contributed by atoms with Crippen molar-refractivity contribution in [2.24, 2.45) is 5.73 Å². The van der Waals surface area contributed by atoms with Crippen LogP contribution < -0.4 is 10.5 Å². The van der Waals surface area contributed by atoms with Gasteiger partial charge < -0.3 is 10.5 Å². The molecule has 0 aromatic heterocycles. The number of hydrogen-bond donors (Lipinski definition) is 1. The van der Waals surface area contributed by atoms with Crippen LogP contribution in [-0.2, 0) is 0 Å². The van der Waals surface area contributed by atoms with E-state index in [0.717, 1.165) is 4.47 Å². The van der Waals surface area contributed by atoms with Crippen molar-refractivity contribution >= 4 is 21.8 Å². The molecule has 0 bridgehead atoms. The van der Waals surface area contributed by atoms with E-state index in [2.05, 4.69) is 15.9 Å². The quantitative estimate of drug-likeness (QED) is 0.943. The lowest BCUT2D eigenvalue weighted by molar-refractivity contribution is 0.0998. The summed E-state index contributed by atoms with van der Waals surface area (Å²) in [4.78, 5) is 11.2. The number of para-hydroxylation sites is 1. The highest BCUT2D eigenvalue weighted by molar-refractivity contribution is 9.10. The molecule has 2 aromatic rings. The second-order valence-corrected chi connectivity index (χ2v) is 4.33. The van der Waals surface area contributed by atoms with E-state index in [1.807, 2.05) is 24.3 Å². The molecule has 2 rings (SSSR count). The predicted octanol–water partition coefficient (Wildman–Crippen LogP) is 3.34. The molecule has 2 N–H and O–H groups in total. The van der Waals surface area contributed by atoms with E-state index in [9.17, 15) is 4.79 Å². The van der Waals surface area contributed by atoms with Gasteiger partial charge in [-0.05, 0) is 36.4 Å². The standard InChI is InChI=1S/C13H10BrNO2/c14-9-5-7-10(8-6-9)17-12-4-2-1-3-11(12)13(15)16/h1-8H,(H2,15,16). The number of ether oxygens (including phenoxy) is 1. The van der Waals surface area contributed by atoms with Crippen LogP contribution in [0.3, 0.4) is 0 Å². The summed E-state index contributed by atoms with van der Waals surface area (Å²) in [5.74, 6) is 0.613. The molecule has 0 saturated heterocycles. The Bertz CT molecular complexity index is 537. The molecule has 4 heteroatoms. The van der Waals surface area contributed by atoms with E-state index in [-0.39, 0.29) is 0 Å². The Morgan fingerprint density at radius 3 is 2.35 bits per heavy atom. The molecule has 0 atom stereocenters. The van der Waals surface area contributed by atoms with Gasteiger partial charge in [0.05, 0.1) is 5.56 Å². The summed E-state index contributed by atoms with van der Waals surface area (Å²) in [6.45, 7) is 0. The first-order valence-corrected chi connectivity index (χ1v) is 5.78. The SMILES string of the molecule is NC(=O)c1ccccc1Oc1ccc(Br)cc1. The fourth-order valence-electron chi connectivity index (χ4n) is 1.39. The first kappa shape index (κ1) is 11.7. The second-order valence-electron chi connectivity index (χ2n) is 3.42. The molecule has 1 amide bonds. The van der Waals surface area contributed by atoms with Gasteiger partial charge in [0.25, 0.3) is 5.91 Å². The van der Waals surface area contributed by atoms with Crippen molar-refractivity contribution in [3.8, 4) is 11.5 Å². The Kier molecular flexibility index (Phi) is 3.44. The Balaban J connectivity index is 2.30. The minimum Gasteiger partial charge on any atom is -0.457 e. The van der Waals surface area contributed by atoms with E-state index in [0.29, 0.717) is 17.1 Å². The zero-order chi connectivity index (χ0) is 12.3. The van der Waals surface area contributed by atoms with Gasteiger partial charge in [-0.2, -0.15) is 0 Å². The van der Waals surface area contributed by atoms with Gasteiger partial charge in [-0.1, -0.05) is 28.1 Å². The molecule has 0 unspecified atom stereocenters. The molecule has 2 aromatic carbocycles. The van der Waals surface area contributed by atoms with E-state index in [1.54, 1.807) is 24.3 Å². The molecule has 86 valence electrons. The Hall–Kier alpha value is -1.81. The molecule has 17 heavy (non-hydrogen) atoms. The van der Waals surface area contributed by atoms with Gasteiger partial charge in [0, 0.05) is 4.47 Å². The van der Waals surface area contributed by atoms with Crippen molar-refractivity contribution in [3.63, 3.8) is 0 Å². The van der Waals surface area contributed by atoms with E-state index in [4.69, 9.17) is 10.5 Å². The molecular weight excluding hydrogens is 282 g/mol. The zero-order valence-electron chi connectivity index (χ0n) is 8.89. The first-order valence-electron chi connectivity index (χ1n) is 4.99. The fourth-order valence-corrected chi connectivity index (χ4v) is 1.65. The maximum absolute atomic E-state index is 11.2. The van der Waals surface area contributed by atoms with Crippen molar-refractivity contribution in [2.75, 3.05) is 0 Å². The van der Waals surface area contributed by atoms with Gasteiger partial charge in [-0.3, -0.25) is 4.79 Å². The van der Waals surface area contributed by atoms with Gasteiger partial charge in [-0.15, -0.1) is 0 Å². The summed E-state index contributed by atoms with van der Waals surface area (Å²) < 4.78 is 6.57. The summed E-state index contributed by atoms with van der Waals surface area (Å²) in [5.41, 5.74) is 5.64. The third kappa shape index (κ3) is 2.85. The average Bonchev–Trinajstić information content (AvgIpc) is 2.32. The highest BCUT2D eigenvalue weighted by atomic mass is 79.9. The first-order chi connectivity index (χ1) is 8.16. The number of halogens is 1. The number of rotatable bonds is 3. The maximum atomic E-state index is 11.2. The molecular formula is C13H10BrNO2. The number of hydrogen-bond acceptors (Lipinski definition) is 2. The molecule has 0 aliphatic rings. The molecule has 0 fully saturated rings. The topological polar surface area (TPSA) is 52.3 Å². The van der Waals surface area contributed by atoms with Crippen LogP contribution in [-0.4, -0.2) is 5.91 Å². The van der Waals surface area contributed by atoms with Crippen molar-refractivity contribution in [2.45, 2.75) is 0 Å². The van der Waals surface area contributed by atoms with Crippen LogP contribution in [0.5, 0.6) is 11.5 Å². The molecule has 3 nitrogen and oxygen atoms in total. The number of primary amides is 1. The lowest BCUT2D eigenvalue weighted by Crippen LogP contribution is -2.11.